The summed E-state index contributed by atoms with van der Waals surface area (Å²) >= 11 is 0. The number of rotatable bonds is 2. The van der Waals surface area contributed by atoms with Crippen molar-refractivity contribution < 1.29 is 8.42 Å². The average molecular weight is 323 g/mol. The maximum absolute atomic E-state index is 13.1. The molecule has 0 saturated carbocycles. The Balaban J connectivity index is 2.04. The monoisotopic (exact) mass is 323 g/mol. The number of aromatic nitrogens is 3. The highest BCUT2D eigenvalue weighted by molar-refractivity contribution is 7.90. The van der Waals surface area contributed by atoms with Gasteiger partial charge in [0.2, 0.25) is 0 Å². The van der Waals surface area contributed by atoms with Crippen molar-refractivity contribution in [1.82, 2.24) is 13.9 Å². The summed E-state index contributed by atoms with van der Waals surface area (Å²) in [6.07, 6.45) is 4.84. The third-order valence-electron chi connectivity index (χ3n) is 3.81. The van der Waals surface area contributed by atoms with Crippen molar-refractivity contribution in [2.24, 2.45) is 0 Å². The van der Waals surface area contributed by atoms with E-state index < -0.39 is 10.0 Å². The fourth-order valence-corrected chi connectivity index (χ4v) is 4.22. The van der Waals surface area contributed by atoms with Gasteiger partial charge in [-0.2, -0.15) is 0 Å². The van der Waals surface area contributed by atoms with Crippen molar-refractivity contribution in [2.75, 3.05) is 0 Å². The topological polar surface area (TPSA) is 64.8 Å². The number of nitrogens with zero attached hydrogens (tertiary/aromatic N) is 3. The van der Waals surface area contributed by atoms with E-state index in [4.69, 9.17) is 0 Å². The molecule has 4 aromatic rings. The summed E-state index contributed by atoms with van der Waals surface area (Å²) in [4.78, 5) is 8.65. The van der Waals surface area contributed by atoms with E-state index in [1.165, 1.54) is 3.97 Å². The third kappa shape index (κ3) is 2.10. The highest BCUT2D eigenvalue weighted by Gasteiger charge is 2.22. The molecule has 0 saturated heterocycles. The Kier molecular flexibility index (Phi) is 2.96. The van der Waals surface area contributed by atoms with Crippen molar-refractivity contribution in [1.29, 1.82) is 0 Å². The van der Waals surface area contributed by atoms with Gasteiger partial charge < -0.3 is 0 Å². The lowest BCUT2D eigenvalue weighted by molar-refractivity contribution is 0.590. The molecule has 0 radical (unpaired) electrons. The first-order chi connectivity index (χ1) is 11.1. The smallest absolute Gasteiger partial charge is 0.261 e. The quantitative estimate of drug-likeness (QED) is 0.568. The van der Waals surface area contributed by atoms with Gasteiger partial charge in [0.1, 0.15) is 4.90 Å². The van der Waals surface area contributed by atoms with E-state index in [0.29, 0.717) is 11.0 Å². The Morgan fingerprint density at radius 2 is 1.83 bits per heavy atom. The van der Waals surface area contributed by atoms with Crippen LogP contribution in [-0.4, -0.2) is 22.4 Å². The molecule has 0 aliphatic heterocycles. The van der Waals surface area contributed by atoms with Gasteiger partial charge in [-0.05, 0) is 31.2 Å². The number of fused-ring (bicyclic) bond motifs is 2. The molecule has 0 N–H and O–H groups in total. The second kappa shape index (κ2) is 4.89. The van der Waals surface area contributed by atoms with E-state index in [-0.39, 0.29) is 4.90 Å². The lowest BCUT2D eigenvalue weighted by Crippen LogP contribution is -2.12. The molecular weight excluding hydrogens is 310 g/mol. The van der Waals surface area contributed by atoms with Crippen molar-refractivity contribution in [3.05, 3.63) is 66.7 Å². The lowest BCUT2D eigenvalue weighted by Gasteiger charge is -2.10. The van der Waals surface area contributed by atoms with Gasteiger partial charge in [-0.25, -0.2) is 12.4 Å². The van der Waals surface area contributed by atoms with Crippen LogP contribution in [0.4, 0.5) is 0 Å². The van der Waals surface area contributed by atoms with E-state index in [1.54, 1.807) is 48.9 Å². The highest BCUT2D eigenvalue weighted by Crippen LogP contribution is 2.26. The number of pyridine rings is 2. The van der Waals surface area contributed by atoms with Crippen LogP contribution in [0.15, 0.2) is 66.0 Å². The van der Waals surface area contributed by atoms with E-state index in [9.17, 15) is 8.42 Å². The predicted molar refractivity (Wildman–Crippen MR) is 88.8 cm³/mol. The molecular formula is C17H13N3O2S. The summed E-state index contributed by atoms with van der Waals surface area (Å²) < 4.78 is 27.6. The molecule has 23 heavy (non-hydrogen) atoms. The summed E-state index contributed by atoms with van der Waals surface area (Å²) in [7, 11) is -3.74. The third-order valence-corrected chi connectivity index (χ3v) is 5.53. The van der Waals surface area contributed by atoms with Crippen molar-refractivity contribution >= 4 is 31.8 Å². The Bertz CT molecular complexity index is 1140. The number of hydrogen-bond donors (Lipinski definition) is 0. The Labute approximate surface area is 133 Å². The molecule has 3 aromatic heterocycles. The maximum atomic E-state index is 13.1. The zero-order chi connectivity index (χ0) is 16.0. The molecule has 0 atom stereocenters. The first-order valence-corrected chi connectivity index (χ1v) is 8.54. The molecule has 3 heterocycles. The van der Waals surface area contributed by atoms with Gasteiger partial charge >= 0.3 is 0 Å². The first-order valence-electron chi connectivity index (χ1n) is 7.10. The molecule has 0 unspecified atom stereocenters. The van der Waals surface area contributed by atoms with Crippen molar-refractivity contribution in [3.63, 3.8) is 0 Å². The number of hydrogen-bond acceptors (Lipinski definition) is 4. The normalized spacial score (nSPS) is 12.0. The number of aryl methyl sites for hydroxylation is 1. The van der Waals surface area contributed by atoms with Crippen molar-refractivity contribution in [2.45, 2.75) is 11.8 Å². The largest absolute Gasteiger partial charge is 0.270 e. The fraction of sp³-hybridized carbons (Fsp3) is 0.0588. The van der Waals surface area contributed by atoms with Crippen LogP contribution >= 0.6 is 0 Å². The van der Waals surface area contributed by atoms with E-state index in [2.05, 4.69) is 9.97 Å². The van der Waals surface area contributed by atoms with Crippen LogP contribution in [0.25, 0.3) is 21.8 Å². The molecule has 0 aliphatic carbocycles. The maximum Gasteiger partial charge on any atom is 0.270 e. The van der Waals surface area contributed by atoms with Gasteiger partial charge in [0.05, 0.1) is 11.0 Å². The second-order valence-corrected chi connectivity index (χ2v) is 7.12. The minimum atomic E-state index is -3.74. The number of para-hydroxylation sites is 1. The van der Waals surface area contributed by atoms with Gasteiger partial charge in [0.15, 0.2) is 0 Å². The summed E-state index contributed by atoms with van der Waals surface area (Å²) in [5.74, 6) is 0. The van der Waals surface area contributed by atoms with Crippen molar-refractivity contribution in [3.8, 4) is 0 Å². The summed E-state index contributed by atoms with van der Waals surface area (Å²) in [5, 5.41) is 1.58. The Morgan fingerprint density at radius 3 is 2.70 bits per heavy atom. The molecule has 0 aliphatic rings. The molecule has 5 nitrogen and oxygen atoms in total. The van der Waals surface area contributed by atoms with Crippen LogP contribution in [0.2, 0.25) is 0 Å². The second-order valence-electron chi connectivity index (χ2n) is 5.33. The van der Waals surface area contributed by atoms with Crippen LogP contribution in [-0.2, 0) is 10.0 Å². The summed E-state index contributed by atoms with van der Waals surface area (Å²) in [6.45, 7) is 1.84. The standard InChI is InChI=1S/C17H13N3O2S/c1-12-10-15-14(11-19-12)7-9-20(15)23(21,22)16-6-2-4-13-5-3-8-18-17(13)16/h2-11H,1H3. The van der Waals surface area contributed by atoms with Gasteiger partial charge in [-0.3, -0.25) is 9.97 Å². The van der Waals surface area contributed by atoms with Crippen LogP contribution in [0.3, 0.4) is 0 Å². The van der Waals surface area contributed by atoms with E-state index in [1.807, 2.05) is 19.1 Å². The fourth-order valence-electron chi connectivity index (χ4n) is 2.70. The number of benzene rings is 1. The molecule has 6 heteroatoms. The van der Waals surface area contributed by atoms with Crippen LogP contribution in [0.5, 0.6) is 0 Å². The molecule has 0 spiro atoms. The van der Waals surface area contributed by atoms with Gasteiger partial charge in [0, 0.05) is 35.1 Å². The van der Waals surface area contributed by atoms with Gasteiger partial charge in [-0.15, -0.1) is 0 Å². The zero-order valence-corrected chi connectivity index (χ0v) is 13.2. The van der Waals surface area contributed by atoms with E-state index in [0.717, 1.165) is 16.5 Å². The average Bonchev–Trinajstić information content (AvgIpc) is 2.98. The molecule has 114 valence electrons. The van der Waals surface area contributed by atoms with Gasteiger partial charge in [0.25, 0.3) is 10.0 Å². The first kappa shape index (κ1) is 13.9. The van der Waals surface area contributed by atoms with Gasteiger partial charge in [-0.1, -0.05) is 18.2 Å². The lowest BCUT2D eigenvalue weighted by atomic mass is 10.2. The predicted octanol–water partition coefficient (Wildman–Crippen LogP) is 3.13. The molecule has 0 fully saturated rings. The molecule has 1 aromatic carbocycles. The summed E-state index contributed by atoms with van der Waals surface area (Å²) in [6, 6.07) is 12.3. The van der Waals surface area contributed by atoms with Crippen LogP contribution < -0.4 is 0 Å². The highest BCUT2D eigenvalue weighted by atomic mass is 32.2. The minimum Gasteiger partial charge on any atom is -0.261 e. The molecule has 0 amide bonds. The van der Waals surface area contributed by atoms with E-state index >= 15 is 0 Å². The minimum absolute atomic E-state index is 0.197. The Morgan fingerprint density at radius 1 is 1.00 bits per heavy atom. The molecule has 0 bridgehead atoms. The Hall–Kier alpha value is -2.73. The zero-order valence-electron chi connectivity index (χ0n) is 12.3. The summed E-state index contributed by atoms with van der Waals surface area (Å²) in [5.41, 5.74) is 1.86. The van der Waals surface area contributed by atoms with Crippen LogP contribution in [0.1, 0.15) is 5.69 Å². The SMILES string of the molecule is Cc1cc2c(ccn2S(=O)(=O)c2cccc3cccnc23)cn1. The molecule has 4 rings (SSSR count). The van der Waals surface area contributed by atoms with Crippen LogP contribution in [0, 0.1) is 6.92 Å².